The average Bonchev–Trinajstić information content (AvgIpc) is 3.45. The predicted molar refractivity (Wildman–Crippen MR) is 155 cm³/mol. The zero-order valence-electron chi connectivity index (χ0n) is 23.1. The molecule has 0 aromatic heterocycles. The van der Waals surface area contributed by atoms with Crippen LogP contribution in [0.15, 0.2) is 72.8 Å². The molecule has 0 atom stereocenters. The van der Waals surface area contributed by atoms with Crippen molar-refractivity contribution in [1.29, 1.82) is 0 Å². The van der Waals surface area contributed by atoms with Gasteiger partial charge in [-0.3, -0.25) is 30.3 Å². The molecule has 0 radical (unpaired) electrons. The summed E-state index contributed by atoms with van der Waals surface area (Å²) in [5.41, 5.74) is 0.988. The number of hydrogen-bond donors (Lipinski definition) is 0. The molecular weight excluding hydrogens is 618 g/mol. The van der Waals surface area contributed by atoms with Crippen molar-refractivity contribution in [2.45, 2.75) is 25.1 Å². The first kappa shape index (κ1) is 32.1. The minimum atomic E-state index is -0.956. The van der Waals surface area contributed by atoms with Crippen molar-refractivity contribution in [2.24, 2.45) is 0 Å². The molecule has 18 heteroatoms. The van der Waals surface area contributed by atoms with Crippen LogP contribution in [-0.4, -0.2) is 60.6 Å². The summed E-state index contributed by atoms with van der Waals surface area (Å²) in [6.07, 6.45) is -1.91. The van der Waals surface area contributed by atoms with Gasteiger partial charge in [0.1, 0.15) is 19.8 Å². The van der Waals surface area contributed by atoms with Crippen LogP contribution >= 0.6 is 11.8 Å². The van der Waals surface area contributed by atoms with Crippen LogP contribution in [0, 0.1) is 30.3 Å². The van der Waals surface area contributed by atoms with Crippen molar-refractivity contribution in [2.75, 3.05) is 13.1 Å². The van der Waals surface area contributed by atoms with E-state index >= 15 is 0 Å². The number of hydrogen-bond acceptors (Lipinski definition) is 13. The summed E-state index contributed by atoms with van der Waals surface area (Å²) in [5.74, 6) is 0. The molecule has 1 heterocycles. The van der Waals surface area contributed by atoms with E-state index in [1.807, 2.05) is 0 Å². The number of nitro benzene ring substituents is 3. The zero-order valence-corrected chi connectivity index (χ0v) is 23.9. The lowest BCUT2D eigenvalue weighted by atomic mass is 10.2. The minimum absolute atomic E-state index is 0.119. The molecule has 0 unspecified atom stereocenters. The number of ether oxygens (including phenoxy) is 3. The Hall–Kier alpha value is -5.78. The van der Waals surface area contributed by atoms with E-state index in [-0.39, 0.29) is 50.0 Å². The number of rotatable bonds is 10. The van der Waals surface area contributed by atoms with Crippen molar-refractivity contribution in [3.63, 3.8) is 0 Å². The molecule has 0 spiro atoms. The van der Waals surface area contributed by atoms with Crippen molar-refractivity contribution >= 4 is 46.3 Å². The largest absolute Gasteiger partial charge is 0.453 e. The number of carbonyl (C=O) groups is 3. The maximum absolute atomic E-state index is 13.0. The molecule has 17 nitrogen and oxygen atoms in total. The topological polar surface area (TPSA) is 215 Å². The second kappa shape index (κ2) is 14.6. The van der Waals surface area contributed by atoms with Gasteiger partial charge in [0.25, 0.3) is 17.1 Å². The maximum Gasteiger partial charge on any atom is 0.429 e. The summed E-state index contributed by atoms with van der Waals surface area (Å²) < 4.78 is 15.8. The summed E-state index contributed by atoms with van der Waals surface area (Å²) in [7, 11) is 0. The summed E-state index contributed by atoms with van der Waals surface area (Å²) in [5, 5.41) is 33.1. The Morgan fingerprint density at radius 3 is 1.22 bits per heavy atom. The standard InChI is InChI=1S/C27H23N5O12S/c33-25(42-15-18-1-7-21(8-2-18)30(36)37)28-13-24(45-27(35)44-17-20-5-11-23(12-6-20)32(40)41)14-29(28)26(34)43-16-19-3-9-22(10-4-19)31(38)39/h1-12,24H,13-17H2. The first-order valence-electron chi connectivity index (χ1n) is 12.9. The summed E-state index contributed by atoms with van der Waals surface area (Å²) in [6, 6.07) is 16.0. The zero-order chi connectivity index (χ0) is 32.5. The fourth-order valence-electron chi connectivity index (χ4n) is 3.95. The highest BCUT2D eigenvalue weighted by molar-refractivity contribution is 8.13. The third-order valence-electron chi connectivity index (χ3n) is 6.25. The van der Waals surface area contributed by atoms with Crippen LogP contribution in [0.1, 0.15) is 16.7 Å². The number of thioether (sulfide) groups is 1. The van der Waals surface area contributed by atoms with Crippen LogP contribution in [-0.2, 0) is 34.0 Å². The SMILES string of the molecule is O=C(OCc1ccc([N+](=O)[O-])cc1)SC1CN(C(=O)OCc2ccc([N+](=O)[O-])cc2)N(C(=O)OCc2ccc([N+](=O)[O-])cc2)C1. The second-order valence-corrected chi connectivity index (χ2v) is 10.6. The predicted octanol–water partition coefficient (Wildman–Crippen LogP) is 5.36. The summed E-state index contributed by atoms with van der Waals surface area (Å²) >= 11 is 0.718. The number of nitrogens with zero attached hydrogens (tertiary/aromatic N) is 5. The van der Waals surface area contributed by atoms with Gasteiger partial charge in [-0.05, 0) is 64.9 Å². The molecule has 0 aliphatic carbocycles. The molecule has 1 aliphatic rings. The monoisotopic (exact) mass is 641 g/mol. The van der Waals surface area contributed by atoms with E-state index in [4.69, 9.17) is 14.2 Å². The van der Waals surface area contributed by atoms with Gasteiger partial charge in [0.2, 0.25) is 0 Å². The first-order chi connectivity index (χ1) is 21.5. The maximum atomic E-state index is 13.0. The number of nitro groups is 3. The van der Waals surface area contributed by atoms with Crippen molar-refractivity contribution in [3.8, 4) is 0 Å². The van der Waals surface area contributed by atoms with E-state index in [1.54, 1.807) is 0 Å². The fourth-order valence-corrected chi connectivity index (χ4v) is 4.79. The number of amides is 2. The summed E-state index contributed by atoms with van der Waals surface area (Å²) in [6.45, 7) is -1.01. The van der Waals surface area contributed by atoms with Crippen LogP contribution in [0.4, 0.5) is 31.4 Å². The molecule has 3 aromatic rings. The van der Waals surface area contributed by atoms with E-state index in [9.17, 15) is 44.7 Å². The third-order valence-corrected chi connectivity index (χ3v) is 7.19. The quantitative estimate of drug-likeness (QED) is 0.118. The Bertz CT molecular complexity index is 1500. The molecule has 1 aliphatic heterocycles. The van der Waals surface area contributed by atoms with Gasteiger partial charge in [-0.2, -0.15) is 0 Å². The van der Waals surface area contributed by atoms with Gasteiger partial charge in [-0.25, -0.2) is 24.4 Å². The van der Waals surface area contributed by atoms with Gasteiger partial charge in [-0.1, -0.05) is 0 Å². The van der Waals surface area contributed by atoms with Gasteiger partial charge >= 0.3 is 17.5 Å². The van der Waals surface area contributed by atoms with Crippen LogP contribution < -0.4 is 0 Å². The van der Waals surface area contributed by atoms with Gasteiger partial charge in [-0.15, -0.1) is 0 Å². The van der Waals surface area contributed by atoms with Crippen molar-refractivity contribution < 1.29 is 43.4 Å². The summed E-state index contributed by atoms with van der Waals surface area (Å²) in [4.78, 5) is 69.4. The Labute approximate surface area is 257 Å². The van der Waals surface area contributed by atoms with Crippen molar-refractivity contribution in [1.82, 2.24) is 10.0 Å². The lowest BCUT2D eigenvalue weighted by Gasteiger charge is -2.26. The Kier molecular flexibility index (Phi) is 10.4. The van der Waals surface area contributed by atoms with Crippen LogP contribution in [0.3, 0.4) is 0 Å². The number of hydrazine groups is 1. The highest BCUT2D eigenvalue weighted by atomic mass is 32.2. The molecule has 3 aromatic carbocycles. The smallest absolute Gasteiger partial charge is 0.429 e. The van der Waals surface area contributed by atoms with Crippen LogP contribution in [0.2, 0.25) is 0 Å². The minimum Gasteiger partial charge on any atom is -0.453 e. The van der Waals surface area contributed by atoms with Gasteiger partial charge < -0.3 is 14.2 Å². The molecule has 0 N–H and O–H groups in total. The highest BCUT2D eigenvalue weighted by Crippen LogP contribution is 2.27. The van der Waals surface area contributed by atoms with E-state index in [2.05, 4.69) is 0 Å². The van der Waals surface area contributed by atoms with Gasteiger partial charge in [0.15, 0.2) is 0 Å². The number of carbonyl (C=O) groups excluding carboxylic acids is 3. The normalized spacial score (nSPS) is 12.8. The molecule has 1 saturated heterocycles. The molecule has 4 rings (SSSR count). The second-order valence-electron chi connectivity index (χ2n) is 9.32. The van der Waals surface area contributed by atoms with Crippen molar-refractivity contribution in [3.05, 3.63) is 120 Å². The molecule has 0 saturated carbocycles. The van der Waals surface area contributed by atoms with E-state index in [0.717, 1.165) is 21.8 Å². The van der Waals surface area contributed by atoms with Crippen LogP contribution in [0.5, 0.6) is 0 Å². The first-order valence-corrected chi connectivity index (χ1v) is 13.8. The third kappa shape index (κ3) is 8.86. The molecule has 45 heavy (non-hydrogen) atoms. The Morgan fingerprint density at radius 2 is 0.911 bits per heavy atom. The van der Waals surface area contributed by atoms with Gasteiger partial charge in [0, 0.05) is 36.4 Å². The lowest BCUT2D eigenvalue weighted by Crippen LogP contribution is -2.45. The Morgan fingerprint density at radius 1 is 0.600 bits per heavy atom. The number of non-ortho nitro benzene ring substituents is 3. The van der Waals surface area contributed by atoms with E-state index in [1.165, 1.54) is 72.8 Å². The highest BCUT2D eigenvalue weighted by Gasteiger charge is 2.40. The van der Waals surface area contributed by atoms with Crippen LogP contribution in [0.25, 0.3) is 0 Å². The molecule has 0 bridgehead atoms. The average molecular weight is 642 g/mol. The fraction of sp³-hybridized carbons (Fsp3) is 0.222. The lowest BCUT2D eigenvalue weighted by molar-refractivity contribution is -0.385. The van der Waals surface area contributed by atoms with Gasteiger partial charge in [0.05, 0.1) is 33.1 Å². The van der Waals surface area contributed by atoms with E-state index in [0.29, 0.717) is 16.7 Å². The molecular formula is C27H23N5O12S. The molecule has 1 fully saturated rings. The Balaban J connectivity index is 1.38. The molecule has 2 amide bonds. The molecule has 234 valence electrons. The number of benzene rings is 3. The van der Waals surface area contributed by atoms with E-state index < -0.39 is 37.5 Å².